The van der Waals surface area contributed by atoms with Gasteiger partial charge in [0, 0.05) is 41.2 Å². The molecule has 5 nitrogen and oxygen atoms in total. The quantitative estimate of drug-likeness (QED) is 0.486. The van der Waals surface area contributed by atoms with Crippen LogP contribution in [-0.4, -0.2) is 21.1 Å². The third-order valence-corrected chi connectivity index (χ3v) is 4.62. The summed E-state index contributed by atoms with van der Waals surface area (Å²) in [6.07, 6.45) is 4.72. The number of hydrogen-bond donors (Lipinski definition) is 3. The molecule has 4 aromatic rings. The number of para-hydroxylation sites is 1. The lowest BCUT2D eigenvalue weighted by atomic mass is 10.1. The molecule has 6 heteroatoms. The van der Waals surface area contributed by atoms with Gasteiger partial charge in [0.25, 0.3) is 0 Å². The second kappa shape index (κ2) is 7.45. The molecule has 0 atom stereocenters. The van der Waals surface area contributed by atoms with Crippen LogP contribution in [0.3, 0.4) is 0 Å². The standard InChI is InChI=1S/C21H19FN4O/c22-17-8-5-14(6-9-17)21-16(13-25-26-21)12-24-20(27)10-7-15-11-23-19-4-2-1-3-18(15)19/h1-6,8-9,11,13,23H,7,10,12H2,(H,24,27)(H,25,26). The van der Waals surface area contributed by atoms with Gasteiger partial charge in [-0.15, -0.1) is 0 Å². The smallest absolute Gasteiger partial charge is 0.220 e. The molecule has 136 valence electrons. The Morgan fingerprint density at radius 1 is 1.07 bits per heavy atom. The van der Waals surface area contributed by atoms with Gasteiger partial charge in [-0.25, -0.2) is 4.39 Å². The molecule has 2 heterocycles. The van der Waals surface area contributed by atoms with Gasteiger partial charge in [0.2, 0.25) is 5.91 Å². The Labute approximate surface area is 155 Å². The maximum atomic E-state index is 13.1. The normalized spacial score (nSPS) is 11.0. The van der Waals surface area contributed by atoms with Crippen LogP contribution < -0.4 is 5.32 Å². The number of nitrogens with one attached hydrogen (secondary N) is 3. The van der Waals surface area contributed by atoms with Crippen molar-refractivity contribution in [3.8, 4) is 11.3 Å². The number of aromatic nitrogens is 3. The molecule has 0 saturated heterocycles. The van der Waals surface area contributed by atoms with E-state index in [1.165, 1.54) is 12.1 Å². The second-order valence-electron chi connectivity index (χ2n) is 6.41. The molecule has 0 aliphatic rings. The van der Waals surface area contributed by atoms with Crippen molar-refractivity contribution in [3.05, 3.63) is 77.9 Å². The monoisotopic (exact) mass is 362 g/mol. The highest BCUT2D eigenvalue weighted by molar-refractivity contribution is 5.84. The van der Waals surface area contributed by atoms with Crippen LogP contribution in [-0.2, 0) is 17.8 Å². The molecule has 3 N–H and O–H groups in total. The summed E-state index contributed by atoms with van der Waals surface area (Å²) in [6, 6.07) is 14.2. The molecular weight excluding hydrogens is 343 g/mol. The number of nitrogens with zero attached hydrogens (tertiary/aromatic N) is 1. The highest BCUT2D eigenvalue weighted by Crippen LogP contribution is 2.22. The average Bonchev–Trinajstić information content (AvgIpc) is 3.32. The van der Waals surface area contributed by atoms with Crippen LogP contribution in [0.1, 0.15) is 17.5 Å². The predicted molar refractivity (Wildman–Crippen MR) is 102 cm³/mol. The van der Waals surface area contributed by atoms with Crippen molar-refractivity contribution in [2.24, 2.45) is 0 Å². The molecule has 0 bridgehead atoms. The molecule has 0 radical (unpaired) electrons. The topological polar surface area (TPSA) is 73.6 Å². The highest BCUT2D eigenvalue weighted by Gasteiger charge is 2.10. The molecule has 2 aromatic heterocycles. The van der Waals surface area contributed by atoms with Gasteiger partial charge < -0.3 is 10.3 Å². The summed E-state index contributed by atoms with van der Waals surface area (Å²) in [6.45, 7) is 0.371. The van der Waals surface area contributed by atoms with E-state index in [1.807, 2.05) is 24.4 Å². The fourth-order valence-electron chi connectivity index (χ4n) is 3.18. The lowest BCUT2D eigenvalue weighted by Crippen LogP contribution is -2.23. The van der Waals surface area contributed by atoms with E-state index in [0.717, 1.165) is 33.3 Å². The van der Waals surface area contributed by atoms with Crippen molar-refractivity contribution in [2.45, 2.75) is 19.4 Å². The second-order valence-corrected chi connectivity index (χ2v) is 6.41. The number of carbonyl (C=O) groups excluding carboxylic acids is 1. The molecule has 0 fully saturated rings. The van der Waals surface area contributed by atoms with E-state index in [1.54, 1.807) is 18.3 Å². The zero-order valence-corrected chi connectivity index (χ0v) is 14.6. The summed E-state index contributed by atoms with van der Waals surface area (Å²) in [5.74, 6) is -0.308. The lowest BCUT2D eigenvalue weighted by molar-refractivity contribution is -0.121. The number of aromatic amines is 2. The van der Waals surface area contributed by atoms with Crippen LogP contribution in [0.5, 0.6) is 0 Å². The van der Waals surface area contributed by atoms with Crippen LogP contribution in [0, 0.1) is 5.82 Å². The summed E-state index contributed by atoms with van der Waals surface area (Å²) in [4.78, 5) is 15.5. The van der Waals surface area contributed by atoms with Crippen molar-refractivity contribution >= 4 is 16.8 Å². The maximum Gasteiger partial charge on any atom is 0.220 e. The molecule has 0 spiro atoms. The van der Waals surface area contributed by atoms with Gasteiger partial charge in [0.15, 0.2) is 0 Å². The zero-order chi connectivity index (χ0) is 18.6. The first-order valence-corrected chi connectivity index (χ1v) is 8.80. The maximum absolute atomic E-state index is 13.1. The van der Waals surface area contributed by atoms with E-state index < -0.39 is 0 Å². The van der Waals surface area contributed by atoms with E-state index in [-0.39, 0.29) is 11.7 Å². The number of amides is 1. The van der Waals surface area contributed by atoms with Gasteiger partial charge in [-0.3, -0.25) is 9.89 Å². The molecule has 27 heavy (non-hydrogen) atoms. The number of halogens is 1. The number of fused-ring (bicyclic) bond motifs is 1. The summed E-state index contributed by atoms with van der Waals surface area (Å²) in [5, 5.41) is 11.0. The number of benzene rings is 2. The first-order valence-electron chi connectivity index (χ1n) is 8.80. The Hall–Kier alpha value is -3.41. The number of aryl methyl sites for hydroxylation is 1. The Kier molecular flexibility index (Phi) is 4.70. The van der Waals surface area contributed by atoms with Crippen molar-refractivity contribution in [1.82, 2.24) is 20.5 Å². The van der Waals surface area contributed by atoms with Gasteiger partial charge in [0.05, 0.1) is 11.9 Å². The average molecular weight is 362 g/mol. The van der Waals surface area contributed by atoms with Crippen LogP contribution in [0.2, 0.25) is 0 Å². The first-order chi connectivity index (χ1) is 13.2. The molecule has 1 amide bonds. The van der Waals surface area contributed by atoms with Gasteiger partial charge >= 0.3 is 0 Å². The Morgan fingerprint density at radius 2 is 1.89 bits per heavy atom. The predicted octanol–water partition coefficient (Wildman–Crippen LogP) is 3.95. The minimum atomic E-state index is -0.287. The summed E-state index contributed by atoms with van der Waals surface area (Å²) in [7, 11) is 0. The van der Waals surface area contributed by atoms with E-state index in [2.05, 4.69) is 26.6 Å². The minimum absolute atomic E-state index is 0.0217. The Bertz CT molecular complexity index is 1070. The lowest BCUT2D eigenvalue weighted by Gasteiger charge is -2.06. The molecular formula is C21H19FN4O. The first kappa shape index (κ1) is 17.0. The third-order valence-electron chi connectivity index (χ3n) is 4.62. The SMILES string of the molecule is O=C(CCc1c[nH]c2ccccc12)NCc1cn[nH]c1-c1ccc(F)cc1. The molecule has 0 aliphatic heterocycles. The number of carbonyl (C=O) groups is 1. The molecule has 0 aliphatic carbocycles. The van der Waals surface area contributed by atoms with E-state index in [4.69, 9.17) is 0 Å². The van der Waals surface area contributed by atoms with Crippen LogP contribution in [0.15, 0.2) is 60.9 Å². The minimum Gasteiger partial charge on any atom is -0.361 e. The summed E-state index contributed by atoms with van der Waals surface area (Å²) >= 11 is 0. The fraction of sp³-hybridized carbons (Fsp3) is 0.143. The van der Waals surface area contributed by atoms with Crippen LogP contribution >= 0.6 is 0 Å². The molecule has 4 rings (SSSR count). The Morgan fingerprint density at radius 3 is 2.74 bits per heavy atom. The number of hydrogen-bond acceptors (Lipinski definition) is 2. The summed E-state index contributed by atoms with van der Waals surface area (Å²) < 4.78 is 13.1. The zero-order valence-electron chi connectivity index (χ0n) is 14.6. The van der Waals surface area contributed by atoms with Crippen molar-refractivity contribution < 1.29 is 9.18 Å². The van der Waals surface area contributed by atoms with Crippen LogP contribution in [0.4, 0.5) is 4.39 Å². The molecule has 0 saturated carbocycles. The third kappa shape index (κ3) is 3.74. The largest absolute Gasteiger partial charge is 0.361 e. The van der Waals surface area contributed by atoms with Gasteiger partial charge in [-0.1, -0.05) is 18.2 Å². The van der Waals surface area contributed by atoms with Crippen molar-refractivity contribution in [1.29, 1.82) is 0 Å². The van der Waals surface area contributed by atoms with Gasteiger partial charge in [-0.2, -0.15) is 5.10 Å². The summed E-state index contributed by atoms with van der Waals surface area (Å²) in [5.41, 5.74) is 4.69. The highest BCUT2D eigenvalue weighted by atomic mass is 19.1. The van der Waals surface area contributed by atoms with Crippen molar-refractivity contribution in [2.75, 3.05) is 0 Å². The van der Waals surface area contributed by atoms with E-state index in [9.17, 15) is 9.18 Å². The van der Waals surface area contributed by atoms with Gasteiger partial charge in [-0.05, 0) is 42.3 Å². The van der Waals surface area contributed by atoms with Crippen LogP contribution in [0.25, 0.3) is 22.2 Å². The van der Waals surface area contributed by atoms with Crippen molar-refractivity contribution in [3.63, 3.8) is 0 Å². The Balaban J connectivity index is 1.36. The molecule has 2 aromatic carbocycles. The number of rotatable bonds is 6. The number of H-pyrrole nitrogens is 2. The van der Waals surface area contributed by atoms with E-state index in [0.29, 0.717) is 19.4 Å². The van der Waals surface area contributed by atoms with E-state index >= 15 is 0 Å². The fourth-order valence-corrected chi connectivity index (χ4v) is 3.18. The molecule has 0 unspecified atom stereocenters. The van der Waals surface area contributed by atoms with Gasteiger partial charge in [0.1, 0.15) is 5.82 Å².